The molecule has 0 aliphatic carbocycles. The number of hydrogen-bond donors (Lipinski definition) is 1. The van der Waals surface area contributed by atoms with Crippen LogP contribution in [0.2, 0.25) is 5.15 Å². The third-order valence-corrected chi connectivity index (χ3v) is 9.29. The first-order chi connectivity index (χ1) is 17.7. The van der Waals surface area contributed by atoms with Gasteiger partial charge in [0.1, 0.15) is 16.2 Å². The molecule has 37 heavy (non-hydrogen) atoms. The van der Waals surface area contributed by atoms with Crippen molar-refractivity contribution < 1.29 is 27.1 Å². The Morgan fingerprint density at radius 3 is 2.57 bits per heavy atom. The number of fused-ring (bicyclic) bond motifs is 1. The van der Waals surface area contributed by atoms with Gasteiger partial charge in [0.05, 0.1) is 30.6 Å². The minimum absolute atomic E-state index is 0.0726. The summed E-state index contributed by atoms with van der Waals surface area (Å²) >= 11 is 5.95. The van der Waals surface area contributed by atoms with E-state index < -0.39 is 27.0 Å². The van der Waals surface area contributed by atoms with Crippen molar-refractivity contribution in [3.63, 3.8) is 0 Å². The molecular formula is C25H26ClFN4O5S. The number of amides is 1. The van der Waals surface area contributed by atoms with Gasteiger partial charge in [0, 0.05) is 43.9 Å². The summed E-state index contributed by atoms with van der Waals surface area (Å²) in [5.41, 5.74) is 1.68. The van der Waals surface area contributed by atoms with Gasteiger partial charge in [0.15, 0.2) is 5.78 Å². The van der Waals surface area contributed by atoms with Gasteiger partial charge in [-0.1, -0.05) is 23.7 Å². The number of ketones is 1. The van der Waals surface area contributed by atoms with Crippen LogP contribution in [0.3, 0.4) is 0 Å². The largest absolute Gasteiger partial charge is 0.379 e. The number of ether oxygens (including phenoxy) is 1. The van der Waals surface area contributed by atoms with Gasteiger partial charge in [-0.2, -0.15) is 4.31 Å². The minimum atomic E-state index is -3.54. The van der Waals surface area contributed by atoms with Crippen LogP contribution >= 0.6 is 11.6 Å². The van der Waals surface area contributed by atoms with Crippen molar-refractivity contribution in [2.45, 2.75) is 18.1 Å². The fourth-order valence-electron chi connectivity index (χ4n) is 4.72. The molecule has 1 amide bonds. The van der Waals surface area contributed by atoms with E-state index in [0.717, 1.165) is 5.39 Å². The third-order valence-electron chi connectivity index (χ3n) is 6.86. The van der Waals surface area contributed by atoms with Crippen LogP contribution in [-0.2, 0) is 26.0 Å². The summed E-state index contributed by atoms with van der Waals surface area (Å²) in [6.07, 6.45) is 1.65. The van der Waals surface area contributed by atoms with Crippen LogP contribution in [0.4, 0.5) is 4.39 Å². The molecule has 9 nitrogen and oxygen atoms in total. The lowest BCUT2D eigenvalue weighted by molar-refractivity contribution is -0.138. The van der Waals surface area contributed by atoms with Crippen LogP contribution in [0.1, 0.15) is 22.5 Å². The summed E-state index contributed by atoms with van der Waals surface area (Å²) in [5, 5.41) is 0.348. The summed E-state index contributed by atoms with van der Waals surface area (Å²) in [6.45, 7) is 1.46. The molecule has 0 spiro atoms. The molecule has 3 aromatic rings. The average Bonchev–Trinajstić information content (AvgIpc) is 3.28. The first-order valence-corrected chi connectivity index (χ1v) is 13.9. The van der Waals surface area contributed by atoms with Gasteiger partial charge < -0.3 is 14.6 Å². The standard InChI is InChI=1S/C25H26ClFN4O5S/c26-24-12-17-10-21(29-22(17)13-28-24)23(32)11-18(9-16-1-3-19(27)4-2-16)25(33)30-14-20(15-30)37(34,35)31-5-7-36-8-6-31/h1-4,10,12-13,18,20,29H,5-9,11,14-15H2/t18-/m1/s1. The van der Waals surface area contributed by atoms with Crippen LogP contribution in [-0.4, -0.2) is 83.9 Å². The number of pyridine rings is 1. The van der Waals surface area contributed by atoms with E-state index in [2.05, 4.69) is 9.97 Å². The smallest absolute Gasteiger partial charge is 0.226 e. The number of benzene rings is 1. The number of H-pyrrole nitrogens is 1. The van der Waals surface area contributed by atoms with E-state index in [1.165, 1.54) is 27.5 Å². The number of rotatable bonds is 8. The zero-order valence-corrected chi connectivity index (χ0v) is 21.5. The topological polar surface area (TPSA) is 113 Å². The quantitative estimate of drug-likeness (QED) is 0.342. The first-order valence-electron chi connectivity index (χ1n) is 12.0. The highest BCUT2D eigenvalue weighted by atomic mass is 35.5. The summed E-state index contributed by atoms with van der Waals surface area (Å²) in [7, 11) is -3.54. The molecule has 1 aromatic carbocycles. The van der Waals surface area contributed by atoms with E-state index in [1.807, 2.05) is 0 Å². The van der Waals surface area contributed by atoms with E-state index in [9.17, 15) is 22.4 Å². The van der Waals surface area contributed by atoms with Gasteiger partial charge in [0.2, 0.25) is 15.9 Å². The Hall–Kier alpha value is -2.86. The number of carbonyl (C=O) groups is 2. The normalized spacial score (nSPS) is 18.1. The van der Waals surface area contributed by atoms with Crippen molar-refractivity contribution >= 4 is 44.2 Å². The Kier molecular flexibility index (Phi) is 7.30. The molecule has 196 valence electrons. The first kappa shape index (κ1) is 25.8. The SMILES string of the molecule is O=C(C[C@@H](Cc1ccc(F)cc1)C(=O)N1CC(S(=O)(=O)N2CCOCC2)C1)c1cc2cc(Cl)ncc2[nH]1. The molecule has 2 aromatic heterocycles. The van der Waals surface area contributed by atoms with E-state index in [4.69, 9.17) is 16.3 Å². The Morgan fingerprint density at radius 1 is 1.16 bits per heavy atom. The van der Waals surface area contributed by atoms with Crippen LogP contribution < -0.4 is 0 Å². The van der Waals surface area contributed by atoms with Crippen molar-refractivity contribution in [1.29, 1.82) is 0 Å². The number of nitrogens with zero attached hydrogens (tertiary/aromatic N) is 3. The predicted octanol–water partition coefficient (Wildman–Crippen LogP) is 2.66. The fraction of sp³-hybridized carbons (Fsp3) is 0.400. The molecule has 12 heteroatoms. The van der Waals surface area contributed by atoms with Gasteiger partial charge >= 0.3 is 0 Å². The van der Waals surface area contributed by atoms with E-state index in [0.29, 0.717) is 48.2 Å². The summed E-state index contributed by atoms with van der Waals surface area (Å²) < 4.78 is 45.9. The van der Waals surface area contributed by atoms with Gasteiger partial charge in [0.25, 0.3) is 0 Å². The number of aromatic nitrogens is 2. The molecule has 0 saturated carbocycles. The van der Waals surface area contributed by atoms with Gasteiger partial charge in [-0.25, -0.2) is 17.8 Å². The lowest BCUT2D eigenvalue weighted by Crippen LogP contribution is -2.62. The lowest BCUT2D eigenvalue weighted by atomic mass is 9.91. The van der Waals surface area contributed by atoms with Crippen LogP contribution in [0.5, 0.6) is 0 Å². The number of morpholine rings is 1. The van der Waals surface area contributed by atoms with Crippen LogP contribution in [0.25, 0.3) is 10.9 Å². The number of sulfonamides is 1. The monoisotopic (exact) mass is 548 g/mol. The molecule has 1 atom stereocenters. The van der Waals surface area contributed by atoms with Gasteiger partial charge in [-0.3, -0.25) is 9.59 Å². The number of likely N-dealkylation sites (tertiary alicyclic amines) is 1. The molecule has 0 radical (unpaired) electrons. The molecular weight excluding hydrogens is 523 g/mol. The highest BCUT2D eigenvalue weighted by Crippen LogP contribution is 2.27. The van der Waals surface area contributed by atoms with Gasteiger partial charge in [-0.15, -0.1) is 0 Å². The summed E-state index contributed by atoms with van der Waals surface area (Å²) in [4.78, 5) is 35.2. The van der Waals surface area contributed by atoms with Gasteiger partial charge in [-0.05, 0) is 36.2 Å². The molecule has 0 bridgehead atoms. The maximum Gasteiger partial charge on any atom is 0.226 e. The van der Waals surface area contributed by atoms with E-state index >= 15 is 0 Å². The molecule has 1 N–H and O–H groups in total. The molecule has 0 unspecified atom stereocenters. The lowest BCUT2D eigenvalue weighted by Gasteiger charge is -2.42. The maximum absolute atomic E-state index is 13.5. The molecule has 4 heterocycles. The third kappa shape index (κ3) is 5.54. The Labute approximate surface area is 218 Å². The van der Waals surface area contributed by atoms with Crippen molar-refractivity contribution in [2.75, 3.05) is 39.4 Å². The second-order valence-corrected chi connectivity index (χ2v) is 12.0. The molecule has 2 fully saturated rings. The number of carbonyl (C=O) groups excluding carboxylic acids is 2. The molecule has 2 saturated heterocycles. The van der Waals surface area contributed by atoms with Crippen LogP contribution in [0.15, 0.2) is 42.6 Å². The Bertz CT molecular complexity index is 1420. The Morgan fingerprint density at radius 2 is 1.86 bits per heavy atom. The van der Waals surface area contributed by atoms with E-state index in [-0.39, 0.29) is 37.6 Å². The predicted molar refractivity (Wildman–Crippen MR) is 135 cm³/mol. The molecule has 2 aliphatic rings. The molecule has 5 rings (SSSR count). The van der Waals surface area contributed by atoms with Crippen molar-refractivity contribution in [3.8, 4) is 0 Å². The van der Waals surface area contributed by atoms with Crippen LogP contribution in [0, 0.1) is 11.7 Å². The second kappa shape index (κ2) is 10.5. The number of Topliss-reactive ketones (excluding diaryl/α,β-unsaturated/α-hetero) is 1. The number of nitrogens with one attached hydrogen (secondary N) is 1. The number of aromatic amines is 1. The summed E-state index contributed by atoms with van der Waals surface area (Å²) in [6, 6.07) is 9.08. The van der Waals surface area contributed by atoms with Crippen molar-refractivity contribution in [3.05, 3.63) is 64.8 Å². The minimum Gasteiger partial charge on any atom is -0.379 e. The number of halogens is 2. The highest BCUT2D eigenvalue weighted by molar-refractivity contribution is 7.89. The zero-order chi connectivity index (χ0) is 26.2. The highest BCUT2D eigenvalue weighted by Gasteiger charge is 2.44. The second-order valence-electron chi connectivity index (χ2n) is 9.35. The average molecular weight is 549 g/mol. The number of hydrogen-bond acceptors (Lipinski definition) is 6. The van der Waals surface area contributed by atoms with E-state index in [1.54, 1.807) is 24.3 Å². The van der Waals surface area contributed by atoms with Crippen molar-refractivity contribution in [1.82, 2.24) is 19.2 Å². The maximum atomic E-state index is 13.5. The van der Waals surface area contributed by atoms with Crippen molar-refractivity contribution in [2.24, 2.45) is 5.92 Å². The fourth-order valence-corrected chi connectivity index (χ4v) is 6.70. The summed E-state index contributed by atoms with van der Waals surface area (Å²) in [5.74, 6) is -1.71. The zero-order valence-electron chi connectivity index (χ0n) is 19.9. The Balaban J connectivity index is 1.31. The molecule has 2 aliphatic heterocycles.